The molecule has 5 heterocycles. The number of hydrogen-bond acceptors (Lipinski definition) is 7. The van der Waals surface area contributed by atoms with Crippen LogP contribution in [-0.2, 0) is 12.7 Å². The first-order valence-electron chi connectivity index (χ1n) is 13.7. The van der Waals surface area contributed by atoms with Gasteiger partial charge in [0.1, 0.15) is 29.6 Å². The van der Waals surface area contributed by atoms with E-state index in [1.165, 1.54) is 18.8 Å². The Morgan fingerprint density at radius 1 is 1.05 bits per heavy atom. The monoisotopic (exact) mass is 556 g/mol. The molecule has 8 nitrogen and oxygen atoms in total. The lowest BCUT2D eigenvalue weighted by Gasteiger charge is -2.34. The standard InChI is InChI=1S/C28H32F4N8/c29-22-3-2-19(14-21(22)28(30,31)32)23-16-40(13-12-38-8-1-9-38)26(37-23)18-5-10-39(11-6-18)27-24(20-4-7-34-15-20)25(33)35-17-36-27/h2-3,14-18,34H,1,4-13H2,(H2,33,35,36). The normalized spacial score (nSPS) is 18.5. The summed E-state index contributed by atoms with van der Waals surface area (Å²) in [7, 11) is 0. The van der Waals surface area contributed by atoms with Crippen LogP contribution in [0.2, 0.25) is 0 Å². The van der Waals surface area contributed by atoms with Gasteiger partial charge in [-0.15, -0.1) is 0 Å². The van der Waals surface area contributed by atoms with Crippen molar-refractivity contribution in [1.82, 2.24) is 29.7 Å². The lowest BCUT2D eigenvalue weighted by Crippen LogP contribution is -2.39. The number of hydrogen-bond donors (Lipinski definition) is 2. The van der Waals surface area contributed by atoms with E-state index in [4.69, 9.17) is 10.7 Å². The molecule has 3 aliphatic heterocycles. The topological polar surface area (TPSA) is 88.1 Å². The summed E-state index contributed by atoms with van der Waals surface area (Å²) >= 11 is 0. The van der Waals surface area contributed by atoms with Crippen molar-refractivity contribution in [2.75, 3.05) is 49.9 Å². The molecular formula is C28H32F4N8. The van der Waals surface area contributed by atoms with Gasteiger partial charge in [-0.3, -0.25) is 0 Å². The highest BCUT2D eigenvalue weighted by atomic mass is 19.4. The molecule has 2 aromatic heterocycles. The number of likely N-dealkylation sites (tertiary alicyclic amines) is 1. The average Bonchev–Trinajstić information content (AvgIpc) is 3.58. The fourth-order valence-corrected chi connectivity index (χ4v) is 5.79. The summed E-state index contributed by atoms with van der Waals surface area (Å²) in [6.45, 7) is 5.98. The van der Waals surface area contributed by atoms with Crippen molar-refractivity contribution in [3.8, 4) is 11.3 Å². The second-order valence-electron chi connectivity index (χ2n) is 10.7. The number of alkyl halides is 3. The van der Waals surface area contributed by atoms with Gasteiger partial charge in [-0.25, -0.2) is 19.3 Å². The van der Waals surface area contributed by atoms with Gasteiger partial charge in [0, 0.05) is 56.6 Å². The lowest BCUT2D eigenvalue weighted by molar-refractivity contribution is -0.139. The first kappa shape index (κ1) is 26.5. The van der Waals surface area contributed by atoms with E-state index >= 15 is 0 Å². The van der Waals surface area contributed by atoms with Gasteiger partial charge in [0.05, 0.1) is 16.8 Å². The van der Waals surface area contributed by atoms with Gasteiger partial charge in [-0.1, -0.05) is 0 Å². The summed E-state index contributed by atoms with van der Waals surface area (Å²) in [6.07, 6.45) is 4.16. The van der Waals surface area contributed by atoms with Crippen LogP contribution in [0.15, 0.2) is 36.9 Å². The predicted octanol–water partition coefficient (Wildman–Crippen LogP) is 4.50. The van der Waals surface area contributed by atoms with E-state index in [-0.39, 0.29) is 11.5 Å². The smallest absolute Gasteiger partial charge is 0.390 e. The van der Waals surface area contributed by atoms with E-state index in [9.17, 15) is 17.6 Å². The molecule has 3 aliphatic rings. The maximum absolute atomic E-state index is 14.0. The number of imidazole rings is 1. The van der Waals surface area contributed by atoms with Crippen molar-refractivity contribution in [1.29, 1.82) is 0 Å². The molecule has 0 radical (unpaired) electrons. The molecule has 0 unspecified atom stereocenters. The molecule has 0 bridgehead atoms. The van der Waals surface area contributed by atoms with Crippen molar-refractivity contribution < 1.29 is 17.6 Å². The van der Waals surface area contributed by atoms with Gasteiger partial charge in [0.25, 0.3) is 0 Å². The van der Waals surface area contributed by atoms with E-state index in [1.807, 2.05) is 12.4 Å². The molecule has 0 amide bonds. The zero-order valence-corrected chi connectivity index (χ0v) is 22.1. The highest BCUT2D eigenvalue weighted by Crippen LogP contribution is 2.38. The molecule has 212 valence electrons. The summed E-state index contributed by atoms with van der Waals surface area (Å²) in [4.78, 5) is 18.2. The van der Waals surface area contributed by atoms with E-state index < -0.39 is 17.6 Å². The quantitative estimate of drug-likeness (QED) is 0.414. The number of aromatic nitrogens is 4. The maximum atomic E-state index is 14.0. The molecular weight excluding hydrogens is 524 g/mol. The number of piperidine rings is 1. The van der Waals surface area contributed by atoms with Crippen molar-refractivity contribution in [2.24, 2.45) is 0 Å². The van der Waals surface area contributed by atoms with E-state index in [1.54, 1.807) is 0 Å². The Morgan fingerprint density at radius 3 is 2.52 bits per heavy atom. The molecule has 1 aromatic carbocycles. The lowest BCUT2D eigenvalue weighted by atomic mass is 9.95. The number of anilines is 2. The molecule has 3 aromatic rings. The first-order valence-corrected chi connectivity index (χ1v) is 13.7. The Kier molecular flexibility index (Phi) is 7.11. The minimum absolute atomic E-state index is 0.124. The second kappa shape index (κ2) is 10.7. The minimum atomic E-state index is -4.77. The fourth-order valence-electron chi connectivity index (χ4n) is 5.79. The Balaban J connectivity index is 1.25. The van der Waals surface area contributed by atoms with Crippen molar-refractivity contribution in [3.63, 3.8) is 0 Å². The molecule has 0 atom stereocenters. The zero-order valence-electron chi connectivity index (χ0n) is 22.1. The van der Waals surface area contributed by atoms with Crippen molar-refractivity contribution in [2.45, 2.75) is 44.3 Å². The molecule has 2 fully saturated rings. The van der Waals surface area contributed by atoms with Crippen LogP contribution in [0.3, 0.4) is 0 Å². The predicted molar refractivity (Wildman–Crippen MR) is 145 cm³/mol. The van der Waals surface area contributed by atoms with Crippen molar-refractivity contribution >= 4 is 17.2 Å². The SMILES string of the molecule is Nc1ncnc(N2CCC(c3nc(-c4ccc(F)c(C(F)(F)F)c4)cn3CCN3CCC3)CC2)c1C1=CNCC1. The number of benzene rings is 1. The van der Waals surface area contributed by atoms with E-state index in [2.05, 4.69) is 29.7 Å². The maximum Gasteiger partial charge on any atom is 0.419 e. The Hall–Kier alpha value is -3.67. The average molecular weight is 557 g/mol. The van der Waals surface area contributed by atoms with Crippen LogP contribution in [0.1, 0.15) is 48.6 Å². The summed E-state index contributed by atoms with van der Waals surface area (Å²) < 4.78 is 56.2. The number of nitrogen functional groups attached to an aromatic ring is 1. The van der Waals surface area contributed by atoms with Gasteiger partial charge >= 0.3 is 6.18 Å². The molecule has 0 aliphatic carbocycles. The van der Waals surface area contributed by atoms with Crippen LogP contribution in [-0.4, -0.2) is 63.7 Å². The number of rotatable bonds is 7. The second-order valence-corrected chi connectivity index (χ2v) is 10.7. The van der Waals surface area contributed by atoms with E-state index in [0.29, 0.717) is 18.1 Å². The van der Waals surface area contributed by atoms with Gasteiger partial charge < -0.3 is 25.4 Å². The van der Waals surface area contributed by atoms with Crippen LogP contribution >= 0.6 is 0 Å². The van der Waals surface area contributed by atoms with Gasteiger partial charge in [0.2, 0.25) is 0 Å². The third-order valence-corrected chi connectivity index (χ3v) is 8.13. The van der Waals surface area contributed by atoms with Crippen LogP contribution in [0.4, 0.5) is 29.2 Å². The summed E-state index contributed by atoms with van der Waals surface area (Å²) in [6, 6.07) is 3.10. The van der Waals surface area contributed by atoms with Gasteiger partial charge in [-0.05, 0) is 62.5 Å². The van der Waals surface area contributed by atoms with Crippen LogP contribution in [0, 0.1) is 5.82 Å². The minimum Gasteiger partial charge on any atom is -0.390 e. The molecule has 6 rings (SSSR count). The Bertz CT molecular complexity index is 1400. The Labute approximate surface area is 229 Å². The zero-order chi connectivity index (χ0) is 27.9. The summed E-state index contributed by atoms with van der Waals surface area (Å²) in [5, 5.41) is 3.23. The van der Waals surface area contributed by atoms with Crippen LogP contribution in [0.5, 0.6) is 0 Å². The van der Waals surface area contributed by atoms with Crippen molar-refractivity contribution in [3.05, 3.63) is 59.7 Å². The molecule has 12 heteroatoms. The molecule has 2 saturated heterocycles. The largest absolute Gasteiger partial charge is 0.419 e. The number of halogens is 4. The van der Waals surface area contributed by atoms with Gasteiger partial charge in [0.15, 0.2) is 0 Å². The summed E-state index contributed by atoms with van der Waals surface area (Å²) in [5.74, 6) is 0.992. The molecule has 0 saturated carbocycles. The van der Waals surface area contributed by atoms with Crippen LogP contribution < -0.4 is 16.0 Å². The molecule has 3 N–H and O–H groups in total. The van der Waals surface area contributed by atoms with Gasteiger partial charge in [-0.2, -0.15) is 13.2 Å². The van der Waals surface area contributed by atoms with Crippen LogP contribution in [0.25, 0.3) is 16.8 Å². The Morgan fingerprint density at radius 2 is 1.85 bits per heavy atom. The highest BCUT2D eigenvalue weighted by molar-refractivity contribution is 5.82. The number of nitrogens with one attached hydrogen (secondary N) is 1. The highest BCUT2D eigenvalue weighted by Gasteiger charge is 2.35. The first-order chi connectivity index (χ1) is 19.3. The van der Waals surface area contributed by atoms with E-state index in [0.717, 1.165) is 93.4 Å². The fraction of sp³-hybridized carbons (Fsp3) is 0.464. The summed E-state index contributed by atoms with van der Waals surface area (Å²) in [5.41, 5.74) is 7.65. The molecule has 0 spiro atoms. The third kappa shape index (κ3) is 5.24. The third-order valence-electron chi connectivity index (χ3n) is 8.13. The number of nitrogens with zero attached hydrogens (tertiary/aromatic N) is 6. The number of nitrogens with two attached hydrogens (primary N) is 1. The molecule has 40 heavy (non-hydrogen) atoms.